The van der Waals surface area contributed by atoms with Crippen LogP contribution in [0.3, 0.4) is 0 Å². The minimum Gasteiger partial charge on any atom is -0.480 e. The van der Waals surface area contributed by atoms with Crippen LogP contribution in [0.1, 0.15) is 12.5 Å². The normalized spacial score (nSPS) is 14.0. The molecule has 124 valence electrons. The molecule has 1 atom stereocenters. The molecule has 22 heavy (non-hydrogen) atoms. The van der Waals surface area contributed by atoms with Gasteiger partial charge in [-0.05, 0) is 24.6 Å². The number of sulfone groups is 1. The van der Waals surface area contributed by atoms with Gasteiger partial charge in [-0.15, -0.1) is 0 Å². The fourth-order valence-corrected chi connectivity index (χ4v) is 4.40. The maximum Gasteiger partial charge on any atom is 0.321 e. The summed E-state index contributed by atoms with van der Waals surface area (Å²) in [4.78, 5) is 10.7. The third-order valence-corrected chi connectivity index (χ3v) is 6.09. The summed E-state index contributed by atoms with van der Waals surface area (Å²) in [5.74, 6) is -1.81. The van der Waals surface area contributed by atoms with Crippen molar-refractivity contribution < 1.29 is 26.7 Å². The first kappa shape index (κ1) is 18.9. The molecule has 0 aliphatic rings. The summed E-state index contributed by atoms with van der Waals surface area (Å²) < 4.78 is 48.6. The van der Waals surface area contributed by atoms with Crippen LogP contribution in [0.25, 0.3) is 0 Å². The van der Waals surface area contributed by atoms with E-state index in [1.54, 1.807) is 0 Å². The number of carboxylic acids is 1. The van der Waals surface area contributed by atoms with E-state index in [4.69, 9.17) is 16.7 Å². The second kappa shape index (κ2) is 6.53. The Kier molecular flexibility index (Phi) is 5.61. The second-order valence-electron chi connectivity index (χ2n) is 4.86. The number of benzene rings is 1. The van der Waals surface area contributed by atoms with Crippen molar-refractivity contribution in [2.45, 2.75) is 23.6 Å². The van der Waals surface area contributed by atoms with E-state index in [9.17, 15) is 21.6 Å². The third-order valence-electron chi connectivity index (χ3n) is 3.01. The fourth-order valence-electron chi connectivity index (χ4n) is 1.69. The molecule has 10 heteroatoms. The van der Waals surface area contributed by atoms with Crippen LogP contribution >= 0.6 is 11.6 Å². The second-order valence-corrected chi connectivity index (χ2v) is 9.40. The summed E-state index contributed by atoms with van der Waals surface area (Å²) in [5, 5.41) is 9.05. The predicted molar refractivity (Wildman–Crippen MR) is 82.0 cm³/mol. The standard InChI is InChI=1S/C12H16ClNO6S2/c1-8(12(15)16)14(2)22(19,20)11-6-10(13)5-4-9(11)7-21(3,17)18/h4-6,8H,7H2,1-3H3,(H,15,16). The van der Waals surface area contributed by atoms with Crippen LogP contribution in [0.2, 0.25) is 5.02 Å². The van der Waals surface area contributed by atoms with Crippen LogP contribution in [0.5, 0.6) is 0 Å². The Hall–Kier alpha value is -1.16. The fraction of sp³-hybridized carbons (Fsp3) is 0.417. The molecule has 0 aliphatic heterocycles. The molecule has 7 nitrogen and oxygen atoms in total. The first-order valence-electron chi connectivity index (χ1n) is 6.03. The number of halogens is 1. The molecule has 1 unspecified atom stereocenters. The highest BCUT2D eigenvalue weighted by molar-refractivity contribution is 7.90. The van der Waals surface area contributed by atoms with Crippen molar-refractivity contribution >= 4 is 37.4 Å². The summed E-state index contributed by atoms with van der Waals surface area (Å²) in [6.07, 6.45) is 0.974. The van der Waals surface area contributed by atoms with Gasteiger partial charge in [0.2, 0.25) is 10.0 Å². The highest BCUT2D eigenvalue weighted by Gasteiger charge is 2.31. The van der Waals surface area contributed by atoms with Gasteiger partial charge in [0.1, 0.15) is 6.04 Å². The van der Waals surface area contributed by atoms with Gasteiger partial charge in [0.05, 0.1) is 10.6 Å². The monoisotopic (exact) mass is 369 g/mol. The number of aliphatic carboxylic acids is 1. The predicted octanol–water partition coefficient (Wildman–Crippen LogP) is 0.978. The minimum absolute atomic E-state index is 0.0383. The Morgan fingerprint density at radius 1 is 1.32 bits per heavy atom. The minimum atomic E-state index is -4.21. The average Bonchev–Trinajstić information content (AvgIpc) is 2.37. The Morgan fingerprint density at radius 2 is 1.86 bits per heavy atom. The van der Waals surface area contributed by atoms with Crippen molar-refractivity contribution in [1.29, 1.82) is 0 Å². The first-order chi connectivity index (χ1) is 9.86. The number of hydrogen-bond acceptors (Lipinski definition) is 5. The molecule has 0 heterocycles. The number of nitrogens with zero attached hydrogens (tertiary/aromatic N) is 1. The van der Waals surface area contributed by atoms with Gasteiger partial charge >= 0.3 is 5.97 Å². The van der Waals surface area contributed by atoms with Gasteiger partial charge < -0.3 is 5.11 Å². The lowest BCUT2D eigenvalue weighted by Gasteiger charge is -2.22. The molecule has 0 saturated carbocycles. The highest BCUT2D eigenvalue weighted by atomic mass is 35.5. The maximum absolute atomic E-state index is 12.5. The Morgan fingerprint density at radius 3 is 2.32 bits per heavy atom. The lowest BCUT2D eigenvalue weighted by atomic mass is 10.2. The van der Waals surface area contributed by atoms with Gasteiger partial charge in [-0.25, -0.2) is 16.8 Å². The zero-order valence-corrected chi connectivity index (χ0v) is 14.5. The number of carbonyl (C=O) groups is 1. The van der Waals surface area contributed by atoms with E-state index in [0.717, 1.165) is 19.4 Å². The molecular formula is C12H16ClNO6S2. The smallest absolute Gasteiger partial charge is 0.321 e. The number of likely N-dealkylation sites (N-methyl/N-ethyl adjacent to an activating group) is 1. The van der Waals surface area contributed by atoms with E-state index in [-0.39, 0.29) is 15.5 Å². The number of rotatable bonds is 6. The molecule has 0 fully saturated rings. The topological polar surface area (TPSA) is 109 Å². The lowest BCUT2D eigenvalue weighted by molar-refractivity contribution is -0.140. The highest BCUT2D eigenvalue weighted by Crippen LogP contribution is 2.26. The van der Waals surface area contributed by atoms with E-state index in [0.29, 0.717) is 4.31 Å². The summed E-state index contributed by atoms with van der Waals surface area (Å²) in [6, 6.07) is 2.48. The number of hydrogen-bond donors (Lipinski definition) is 1. The van der Waals surface area contributed by atoms with E-state index in [1.165, 1.54) is 19.1 Å². The molecule has 0 aromatic heterocycles. The lowest BCUT2D eigenvalue weighted by Crippen LogP contribution is -2.40. The Balaban J connectivity index is 3.47. The number of carboxylic acid groups (broad SMARTS) is 1. The number of sulfonamides is 1. The van der Waals surface area contributed by atoms with Gasteiger partial charge in [-0.2, -0.15) is 4.31 Å². The SMILES string of the molecule is CC(C(=O)O)N(C)S(=O)(=O)c1cc(Cl)ccc1CS(C)(=O)=O. The van der Waals surface area contributed by atoms with Crippen molar-refractivity contribution in [2.24, 2.45) is 0 Å². The summed E-state index contributed by atoms with van der Waals surface area (Å²) in [5.41, 5.74) is 0.0383. The van der Waals surface area contributed by atoms with Gasteiger partial charge in [0, 0.05) is 18.3 Å². The summed E-state index contributed by atoms with van der Waals surface area (Å²) >= 11 is 5.79. The third kappa shape index (κ3) is 4.42. The van der Waals surface area contributed by atoms with Crippen LogP contribution in [-0.2, 0) is 30.4 Å². The molecule has 1 aromatic rings. The van der Waals surface area contributed by atoms with Crippen LogP contribution in [0.4, 0.5) is 0 Å². The molecular weight excluding hydrogens is 354 g/mol. The van der Waals surface area contributed by atoms with Crippen LogP contribution in [-0.4, -0.2) is 51.6 Å². The van der Waals surface area contributed by atoms with Crippen LogP contribution in [0, 0.1) is 0 Å². The van der Waals surface area contributed by atoms with E-state index in [2.05, 4.69) is 0 Å². The molecule has 0 saturated heterocycles. The largest absolute Gasteiger partial charge is 0.480 e. The molecule has 0 amide bonds. The van der Waals surface area contributed by atoms with Gasteiger partial charge in [0.25, 0.3) is 0 Å². The van der Waals surface area contributed by atoms with E-state index >= 15 is 0 Å². The van der Waals surface area contributed by atoms with E-state index < -0.39 is 37.6 Å². The Bertz CT molecular complexity index is 788. The average molecular weight is 370 g/mol. The molecule has 0 bridgehead atoms. The summed E-state index contributed by atoms with van der Waals surface area (Å²) in [7, 11) is -6.57. The molecule has 0 aliphatic carbocycles. The zero-order valence-electron chi connectivity index (χ0n) is 12.1. The summed E-state index contributed by atoms with van der Waals surface area (Å²) in [6.45, 7) is 1.21. The zero-order chi connectivity index (χ0) is 17.3. The van der Waals surface area contributed by atoms with Crippen LogP contribution in [0.15, 0.2) is 23.1 Å². The maximum atomic E-state index is 12.5. The molecule has 0 radical (unpaired) electrons. The Labute approximate surface area is 134 Å². The van der Waals surface area contributed by atoms with Crippen molar-refractivity contribution in [1.82, 2.24) is 4.31 Å². The first-order valence-corrected chi connectivity index (χ1v) is 9.91. The molecule has 1 N–H and O–H groups in total. The molecule has 1 aromatic carbocycles. The molecule has 0 spiro atoms. The van der Waals surface area contributed by atoms with Gasteiger partial charge in [0.15, 0.2) is 9.84 Å². The van der Waals surface area contributed by atoms with Crippen molar-refractivity contribution in [3.8, 4) is 0 Å². The van der Waals surface area contributed by atoms with Crippen molar-refractivity contribution in [2.75, 3.05) is 13.3 Å². The quantitative estimate of drug-likeness (QED) is 0.800. The van der Waals surface area contributed by atoms with Crippen molar-refractivity contribution in [3.05, 3.63) is 28.8 Å². The van der Waals surface area contributed by atoms with Gasteiger partial charge in [-0.1, -0.05) is 17.7 Å². The van der Waals surface area contributed by atoms with Gasteiger partial charge in [-0.3, -0.25) is 4.79 Å². The van der Waals surface area contributed by atoms with Crippen molar-refractivity contribution in [3.63, 3.8) is 0 Å². The molecule has 1 rings (SSSR count). The van der Waals surface area contributed by atoms with Crippen LogP contribution < -0.4 is 0 Å². The van der Waals surface area contributed by atoms with E-state index in [1.807, 2.05) is 0 Å².